The smallest absolute Gasteiger partial charge is 0.306 e. The first-order chi connectivity index (χ1) is 11.2. The van der Waals surface area contributed by atoms with Crippen LogP contribution < -0.4 is 4.74 Å². The molecule has 23 heavy (non-hydrogen) atoms. The molecule has 0 amide bonds. The third-order valence-corrected chi connectivity index (χ3v) is 3.60. The van der Waals surface area contributed by atoms with Gasteiger partial charge in [-0.05, 0) is 30.2 Å². The molecule has 0 aliphatic carbocycles. The summed E-state index contributed by atoms with van der Waals surface area (Å²) in [4.78, 5) is 11.5. The molecular weight excluding hydrogens is 288 g/mol. The van der Waals surface area contributed by atoms with E-state index >= 15 is 0 Å². The van der Waals surface area contributed by atoms with Gasteiger partial charge in [-0.25, -0.2) is 0 Å². The molecule has 0 radical (unpaired) electrons. The van der Waals surface area contributed by atoms with Crippen molar-refractivity contribution < 1.29 is 14.3 Å². The molecule has 3 heteroatoms. The van der Waals surface area contributed by atoms with Crippen LogP contribution in [-0.4, -0.2) is 13.1 Å². The molecular formula is C20H22O3. The predicted molar refractivity (Wildman–Crippen MR) is 91.4 cm³/mol. The Balaban J connectivity index is 2.00. The molecule has 0 aromatic heterocycles. The molecule has 0 aliphatic heterocycles. The van der Waals surface area contributed by atoms with Gasteiger partial charge in [0, 0.05) is 5.92 Å². The fourth-order valence-electron chi connectivity index (χ4n) is 2.34. The maximum Gasteiger partial charge on any atom is 0.306 e. The highest BCUT2D eigenvalue weighted by atomic mass is 16.5. The first-order valence-corrected chi connectivity index (χ1v) is 7.69. The number of benzene rings is 2. The van der Waals surface area contributed by atoms with Gasteiger partial charge in [0.2, 0.25) is 0 Å². The molecule has 1 atom stereocenters. The fraction of sp³-hybridized carbons (Fsp3) is 0.250. The maximum absolute atomic E-state index is 11.5. The summed E-state index contributed by atoms with van der Waals surface area (Å²) in [7, 11) is 1.41. The summed E-state index contributed by atoms with van der Waals surface area (Å²) in [6.07, 6.45) is 4.30. The standard InChI is InChI=1S/C20H22O3/c1-3-7-18(14-20(21)22-2)17-10-12-19(13-11-17)23-15-16-8-5-4-6-9-16/h3-13,18H,14-15H2,1-2H3/b7-3-/t18-/m1/s1. The Bertz CT molecular complexity index is 630. The molecule has 0 spiro atoms. The number of allylic oxidation sites excluding steroid dienone is 2. The predicted octanol–water partition coefficient (Wildman–Crippen LogP) is 4.49. The molecule has 0 saturated carbocycles. The average molecular weight is 310 g/mol. The number of hydrogen-bond donors (Lipinski definition) is 0. The van der Waals surface area contributed by atoms with Crippen molar-refractivity contribution >= 4 is 5.97 Å². The van der Waals surface area contributed by atoms with E-state index in [0.29, 0.717) is 13.0 Å². The van der Waals surface area contributed by atoms with Crippen molar-refractivity contribution in [2.24, 2.45) is 0 Å². The lowest BCUT2D eigenvalue weighted by molar-refractivity contribution is -0.140. The van der Waals surface area contributed by atoms with Crippen molar-refractivity contribution in [3.63, 3.8) is 0 Å². The highest BCUT2D eigenvalue weighted by Crippen LogP contribution is 2.24. The van der Waals surface area contributed by atoms with Gasteiger partial charge in [0.15, 0.2) is 0 Å². The minimum absolute atomic E-state index is 0.0237. The molecule has 0 bridgehead atoms. The zero-order valence-corrected chi connectivity index (χ0v) is 13.6. The van der Waals surface area contributed by atoms with Crippen molar-refractivity contribution in [3.8, 4) is 5.75 Å². The van der Waals surface area contributed by atoms with Crippen molar-refractivity contribution in [2.45, 2.75) is 25.9 Å². The Labute approximate surface area is 137 Å². The van der Waals surface area contributed by atoms with E-state index in [2.05, 4.69) is 0 Å². The molecule has 0 heterocycles. The molecule has 2 aromatic carbocycles. The van der Waals surface area contributed by atoms with Gasteiger partial charge >= 0.3 is 5.97 Å². The zero-order chi connectivity index (χ0) is 16.5. The largest absolute Gasteiger partial charge is 0.489 e. The number of ether oxygens (including phenoxy) is 2. The molecule has 0 fully saturated rings. The maximum atomic E-state index is 11.5. The normalized spacial score (nSPS) is 12.1. The van der Waals surface area contributed by atoms with Gasteiger partial charge < -0.3 is 9.47 Å². The van der Waals surface area contributed by atoms with Gasteiger partial charge in [0.25, 0.3) is 0 Å². The van der Waals surface area contributed by atoms with Crippen LogP contribution >= 0.6 is 0 Å². The van der Waals surface area contributed by atoms with Gasteiger partial charge in [0.1, 0.15) is 12.4 Å². The van der Waals surface area contributed by atoms with Crippen LogP contribution in [0.5, 0.6) is 5.75 Å². The molecule has 0 N–H and O–H groups in total. The van der Waals surface area contributed by atoms with Gasteiger partial charge in [-0.3, -0.25) is 4.79 Å². The van der Waals surface area contributed by atoms with Crippen molar-refractivity contribution in [1.29, 1.82) is 0 Å². The van der Waals surface area contributed by atoms with Crippen LogP contribution in [0.1, 0.15) is 30.4 Å². The minimum atomic E-state index is -0.211. The van der Waals surface area contributed by atoms with Crippen molar-refractivity contribution in [2.75, 3.05) is 7.11 Å². The van der Waals surface area contributed by atoms with Crippen LogP contribution in [0.15, 0.2) is 66.7 Å². The monoisotopic (exact) mass is 310 g/mol. The molecule has 3 nitrogen and oxygen atoms in total. The number of carbonyl (C=O) groups excluding carboxylic acids is 1. The summed E-state index contributed by atoms with van der Waals surface area (Å²) >= 11 is 0. The summed E-state index contributed by atoms with van der Waals surface area (Å²) in [5.41, 5.74) is 2.20. The van der Waals surface area contributed by atoms with Gasteiger partial charge in [-0.2, -0.15) is 0 Å². The first-order valence-electron chi connectivity index (χ1n) is 7.69. The quantitative estimate of drug-likeness (QED) is 0.558. The van der Waals surface area contributed by atoms with E-state index < -0.39 is 0 Å². The highest BCUT2D eigenvalue weighted by molar-refractivity contribution is 5.70. The third kappa shape index (κ3) is 5.29. The minimum Gasteiger partial charge on any atom is -0.489 e. The molecule has 0 saturated heterocycles. The molecule has 120 valence electrons. The second kappa shape index (κ2) is 8.79. The van der Waals surface area contributed by atoms with E-state index in [4.69, 9.17) is 9.47 Å². The van der Waals surface area contributed by atoms with Gasteiger partial charge in [0.05, 0.1) is 13.5 Å². The van der Waals surface area contributed by atoms with E-state index in [9.17, 15) is 4.79 Å². The SMILES string of the molecule is C/C=C\[C@H](CC(=O)OC)c1ccc(OCc2ccccc2)cc1. The Kier molecular flexibility index (Phi) is 6.42. The number of carbonyl (C=O) groups is 1. The number of hydrogen-bond acceptors (Lipinski definition) is 3. The lowest BCUT2D eigenvalue weighted by atomic mass is 9.95. The number of esters is 1. The number of rotatable bonds is 7. The summed E-state index contributed by atoms with van der Waals surface area (Å²) in [5, 5.41) is 0. The van der Waals surface area contributed by atoms with Crippen LogP contribution in [0.2, 0.25) is 0 Å². The highest BCUT2D eigenvalue weighted by Gasteiger charge is 2.13. The molecule has 0 aliphatic rings. The van der Waals surface area contributed by atoms with E-state index in [1.54, 1.807) is 0 Å². The summed E-state index contributed by atoms with van der Waals surface area (Å²) in [6, 6.07) is 17.9. The van der Waals surface area contributed by atoms with Gasteiger partial charge in [-0.1, -0.05) is 54.6 Å². The summed E-state index contributed by atoms with van der Waals surface area (Å²) < 4.78 is 10.5. The Morgan fingerprint density at radius 2 is 1.78 bits per heavy atom. The van der Waals surface area contributed by atoms with Crippen LogP contribution in [0, 0.1) is 0 Å². The van der Waals surface area contributed by atoms with E-state index in [1.807, 2.05) is 73.7 Å². The van der Waals surface area contributed by atoms with Gasteiger partial charge in [-0.15, -0.1) is 0 Å². The molecule has 2 aromatic rings. The first kappa shape index (κ1) is 16.8. The lowest BCUT2D eigenvalue weighted by Crippen LogP contribution is -2.07. The third-order valence-electron chi connectivity index (χ3n) is 3.60. The Hall–Kier alpha value is -2.55. The van der Waals surface area contributed by atoms with E-state index in [-0.39, 0.29) is 11.9 Å². The topological polar surface area (TPSA) is 35.5 Å². The molecule has 2 rings (SSSR count). The van der Waals surface area contributed by atoms with Crippen LogP contribution in [-0.2, 0) is 16.1 Å². The second-order valence-electron chi connectivity index (χ2n) is 5.26. The summed E-state index contributed by atoms with van der Waals surface area (Å²) in [5.74, 6) is 0.628. The second-order valence-corrected chi connectivity index (χ2v) is 5.26. The van der Waals surface area contributed by atoms with Crippen LogP contribution in [0.3, 0.4) is 0 Å². The number of methoxy groups -OCH3 is 1. The summed E-state index contributed by atoms with van der Waals surface area (Å²) in [6.45, 7) is 2.49. The van der Waals surface area contributed by atoms with E-state index in [1.165, 1.54) is 7.11 Å². The van der Waals surface area contributed by atoms with Crippen LogP contribution in [0.25, 0.3) is 0 Å². The average Bonchev–Trinajstić information content (AvgIpc) is 2.61. The lowest BCUT2D eigenvalue weighted by Gasteiger charge is -2.13. The Morgan fingerprint density at radius 1 is 1.09 bits per heavy atom. The van der Waals surface area contributed by atoms with Crippen molar-refractivity contribution in [1.82, 2.24) is 0 Å². The molecule has 0 unspecified atom stereocenters. The van der Waals surface area contributed by atoms with Crippen molar-refractivity contribution in [3.05, 3.63) is 77.9 Å². The fourth-order valence-corrected chi connectivity index (χ4v) is 2.34. The van der Waals surface area contributed by atoms with Crippen LogP contribution in [0.4, 0.5) is 0 Å². The zero-order valence-electron chi connectivity index (χ0n) is 13.6. The van der Waals surface area contributed by atoms with E-state index in [0.717, 1.165) is 16.9 Å². The Morgan fingerprint density at radius 3 is 2.39 bits per heavy atom.